The third-order valence-electron chi connectivity index (χ3n) is 4.37. The predicted octanol–water partition coefficient (Wildman–Crippen LogP) is 2.47. The molecule has 0 aliphatic carbocycles. The van der Waals surface area contributed by atoms with E-state index in [4.69, 9.17) is 10.5 Å². The van der Waals surface area contributed by atoms with Crippen LogP contribution in [0.1, 0.15) is 31.7 Å². The molecule has 0 saturated carbocycles. The molecule has 0 spiro atoms. The van der Waals surface area contributed by atoms with Crippen molar-refractivity contribution in [3.63, 3.8) is 0 Å². The second kappa shape index (κ2) is 7.43. The van der Waals surface area contributed by atoms with Crippen LogP contribution in [0.3, 0.4) is 0 Å². The van der Waals surface area contributed by atoms with Gasteiger partial charge in [-0.3, -0.25) is 0 Å². The zero-order valence-electron chi connectivity index (χ0n) is 12.7. The summed E-state index contributed by atoms with van der Waals surface area (Å²) in [5, 5.41) is 5.84. The fourth-order valence-corrected chi connectivity index (χ4v) is 2.63. The van der Waals surface area contributed by atoms with E-state index in [1.54, 1.807) is 0 Å². The quantitative estimate of drug-likeness (QED) is 0.780. The van der Waals surface area contributed by atoms with Crippen LogP contribution < -0.4 is 16.4 Å². The molecule has 116 valence electrons. The number of rotatable bonds is 5. The fourth-order valence-electron chi connectivity index (χ4n) is 2.63. The van der Waals surface area contributed by atoms with Crippen molar-refractivity contribution in [3.8, 4) is 0 Å². The Bertz CT molecular complexity index is 453. The van der Waals surface area contributed by atoms with Crippen molar-refractivity contribution in [2.45, 2.75) is 32.7 Å². The molecule has 1 aromatic rings. The lowest BCUT2D eigenvalue weighted by Crippen LogP contribution is -2.42. The van der Waals surface area contributed by atoms with Gasteiger partial charge in [0, 0.05) is 32.0 Å². The summed E-state index contributed by atoms with van der Waals surface area (Å²) in [6.07, 6.45) is 3.08. The summed E-state index contributed by atoms with van der Waals surface area (Å²) in [6.45, 7) is 4.96. The average molecular weight is 291 g/mol. The Morgan fingerprint density at radius 3 is 2.52 bits per heavy atom. The van der Waals surface area contributed by atoms with E-state index >= 15 is 0 Å². The highest BCUT2D eigenvalue weighted by atomic mass is 16.5. The highest BCUT2D eigenvalue weighted by Crippen LogP contribution is 2.33. The Morgan fingerprint density at radius 2 is 1.95 bits per heavy atom. The van der Waals surface area contributed by atoms with E-state index in [1.807, 2.05) is 24.3 Å². The lowest BCUT2D eigenvalue weighted by molar-refractivity contribution is 0.0143. The molecule has 1 aliphatic heterocycles. The summed E-state index contributed by atoms with van der Waals surface area (Å²) < 4.78 is 5.41. The van der Waals surface area contributed by atoms with Gasteiger partial charge in [-0.2, -0.15) is 0 Å². The van der Waals surface area contributed by atoms with Gasteiger partial charge in [-0.05, 0) is 42.4 Å². The molecule has 1 aliphatic rings. The molecular weight excluding hydrogens is 266 g/mol. The molecule has 1 fully saturated rings. The lowest BCUT2D eigenvalue weighted by Gasteiger charge is -2.36. The number of urea groups is 1. The van der Waals surface area contributed by atoms with Gasteiger partial charge in [-0.15, -0.1) is 0 Å². The third-order valence-corrected chi connectivity index (χ3v) is 4.37. The van der Waals surface area contributed by atoms with Gasteiger partial charge in [0.15, 0.2) is 0 Å². The molecule has 21 heavy (non-hydrogen) atoms. The number of carbonyl (C=O) groups is 1. The van der Waals surface area contributed by atoms with Gasteiger partial charge < -0.3 is 21.1 Å². The number of ether oxygens (including phenoxy) is 1. The van der Waals surface area contributed by atoms with Crippen LogP contribution in [-0.4, -0.2) is 25.8 Å². The summed E-state index contributed by atoms with van der Waals surface area (Å²) in [7, 11) is 0. The van der Waals surface area contributed by atoms with E-state index in [0.717, 1.165) is 43.7 Å². The molecule has 2 rings (SSSR count). The number of carbonyl (C=O) groups excluding carboxylic acids is 1. The Morgan fingerprint density at radius 1 is 1.29 bits per heavy atom. The number of nitrogens with two attached hydrogens (primary N) is 1. The standard InChI is InChI=1S/C16H25N3O2/c1-2-16(7-9-21-10-8-16)12-18-15(20)19-14-5-3-13(11-17)4-6-14/h3-6H,2,7-12,17H2,1H3,(H2,18,19,20). The van der Waals surface area contributed by atoms with Gasteiger partial charge in [-0.1, -0.05) is 19.1 Å². The Labute approximate surface area is 126 Å². The number of amides is 2. The third kappa shape index (κ3) is 4.44. The van der Waals surface area contributed by atoms with Crippen molar-refractivity contribution in [1.29, 1.82) is 0 Å². The second-order valence-corrected chi connectivity index (χ2v) is 5.67. The zero-order valence-corrected chi connectivity index (χ0v) is 12.7. The minimum Gasteiger partial charge on any atom is -0.381 e. The van der Waals surface area contributed by atoms with Crippen molar-refractivity contribution in [2.75, 3.05) is 25.1 Å². The van der Waals surface area contributed by atoms with E-state index in [0.29, 0.717) is 13.1 Å². The minimum absolute atomic E-state index is 0.158. The van der Waals surface area contributed by atoms with Crippen LogP contribution in [-0.2, 0) is 11.3 Å². The van der Waals surface area contributed by atoms with Crippen molar-refractivity contribution in [2.24, 2.45) is 11.1 Å². The van der Waals surface area contributed by atoms with Crippen molar-refractivity contribution < 1.29 is 9.53 Å². The SMILES string of the molecule is CCC1(CNC(=O)Nc2ccc(CN)cc2)CCOCC1. The maximum absolute atomic E-state index is 12.0. The van der Waals surface area contributed by atoms with Gasteiger partial charge in [0.2, 0.25) is 0 Å². The van der Waals surface area contributed by atoms with Gasteiger partial charge in [-0.25, -0.2) is 4.79 Å². The molecule has 0 radical (unpaired) electrons. The van der Waals surface area contributed by atoms with E-state index < -0.39 is 0 Å². The van der Waals surface area contributed by atoms with Crippen molar-refractivity contribution in [3.05, 3.63) is 29.8 Å². The van der Waals surface area contributed by atoms with Crippen molar-refractivity contribution >= 4 is 11.7 Å². The van der Waals surface area contributed by atoms with E-state index in [9.17, 15) is 4.79 Å². The number of anilines is 1. The fraction of sp³-hybridized carbons (Fsp3) is 0.562. The summed E-state index contributed by atoms with van der Waals surface area (Å²) in [6, 6.07) is 7.41. The van der Waals surface area contributed by atoms with Crippen LogP contribution in [0.4, 0.5) is 10.5 Å². The highest BCUT2D eigenvalue weighted by Gasteiger charge is 2.31. The molecule has 5 heteroatoms. The largest absolute Gasteiger partial charge is 0.381 e. The van der Waals surface area contributed by atoms with E-state index in [2.05, 4.69) is 17.6 Å². The van der Waals surface area contributed by atoms with Crippen LogP contribution in [0.5, 0.6) is 0 Å². The monoisotopic (exact) mass is 291 g/mol. The van der Waals surface area contributed by atoms with Gasteiger partial charge in [0.25, 0.3) is 0 Å². The average Bonchev–Trinajstić information content (AvgIpc) is 2.54. The molecule has 0 aromatic heterocycles. The van der Waals surface area contributed by atoms with Crippen LogP contribution in [0.15, 0.2) is 24.3 Å². The Kier molecular flexibility index (Phi) is 5.59. The normalized spacial score (nSPS) is 17.2. The minimum atomic E-state index is -0.158. The predicted molar refractivity (Wildman–Crippen MR) is 84.1 cm³/mol. The smallest absolute Gasteiger partial charge is 0.319 e. The maximum atomic E-state index is 12.0. The summed E-state index contributed by atoms with van der Waals surface area (Å²) in [5.41, 5.74) is 7.56. The molecule has 4 N–H and O–H groups in total. The van der Waals surface area contributed by atoms with E-state index in [1.165, 1.54) is 0 Å². The molecule has 5 nitrogen and oxygen atoms in total. The molecule has 1 saturated heterocycles. The molecule has 2 amide bonds. The first-order valence-corrected chi connectivity index (χ1v) is 7.59. The molecule has 0 bridgehead atoms. The maximum Gasteiger partial charge on any atom is 0.319 e. The number of nitrogens with one attached hydrogen (secondary N) is 2. The number of benzene rings is 1. The van der Waals surface area contributed by atoms with Crippen LogP contribution >= 0.6 is 0 Å². The topological polar surface area (TPSA) is 76.4 Å². The zero-order chi connectivity index (χ0) is 15.1. The first-order chi connectivity index (χ1) is 10.2. The van der Waals surface area contributed by atoms with Gasteiger partial charge in [0.1, 0.15) is 0 Å². The molecular formula is C16H25N3O2. The van der Waals surface area contributed by atoms with Gasteiger partial charge in [0.05, 0.1) is 0 Å². The number of hydrogen-bond acceptors (Lipinski definition) is 3. The Hall–Kier alpha value is -1.59. The first-order valence-electron chi connectivity index (χ1n) is 7.59. The van der Waals surface area contributed by atoms with Crippen LogP contribution in [0.2, 0.25) is 0 Å². The second-order valence-electron chi connectivity index (χ2n) is 5.67. The Balaban J connectivity index is 1.83. The van der Waals surface area contributed by atoms with Gasteiger partial charge >= 0.3 is 6.03 Å². The van der Waals surface area contributed by atoms with E-state index in [-0.39, 0.29) is 11.4 Å². The van der Waals surface area contributed by atoms with Crippen LogP contribution in [0.25, 0.3) is 0 Å². The lowest BCUT2D eigenvalue weighted by atomic mass is 9.78. The molecule has 0 atom stereocenters. The van der Waals surface area contributed by atoms with Crippen LogP contribution in [0, 0.1) is 5.41 Å². The summed E-state index contributed by atoms with van der Waals surface area (Å²) >= 11 is 0. The van der Waals surface area contributed by atoms with Crippen molar-refractivity contribution in [1.82, 2.24) is 5.32 Å². The highest BCUT2D eigenvalue weighted by molar-refractivity contribution is 5.89. The summed E-state index contributed by atoms with van der Waals surface area (Å²) in [4.78, 5) is 12.0. The summed E-state index contributed by atoms with van der Waals surface area (Å²) in [5.74, 6) is 0. The molecule has 1 aromatic carbocycles. The molecule has 1 heterocycles. The molecule has 0 unspecified atom stereocenters. The number of hydrogen-bond donors (Lipinski definition) is 3. The first kappa shape index (κ1) is 15.8.